The van der Waals surface area contributed by atoms with E-state index in [4.69, 9.17) is 14.2 Å². The van der Waals surface area contributed by atoms with Gasteiger partial charge in [0.15, 0.2) is 0 Å². The Morgan fingerprint density at radius 3 is 2.58 bits per heavy atom. The minimum absolute atomic E-state index is 0.0152. The van der Waals surface area contributed by atoms with Crippen LogP contribution in [0.15, 0.2) is 48.5 Å². The second-order valence-corrected chi connectivity index (χ2v) is 6.53. The highest BCUT2D eigenvalue weighted by Crippen LogP contribution is 2.22. The molecule has 2 rings (SSSR count). The third-order valence-corrected chi connectivity index (χ3v) is 4.11. The summed E-state index contributed by atoms with van der Waals surface area (Å²) >= 11 is 0. The molecular formula is C22H30NO3. The van der Waals surface area contributed by atoms with Crippen molar-refractivity contribution >= 4 is 0 Å². The summed E-state index contributed by atoms with van der Waals surface area (Å²) in [5, 5.41) is 0. The first-order valence-corrected chi connectivity index (χ1v) is 9.04. The zero-order chi connectivity index (χ0) is 18.8. The standard InChI is InChI=1S/C22H30NO3/c1-5-25-21(16-23(2)3)17-26-22-12-7-6-10-19(22)14-13-18-9-8-11-20(15-18)24-4/h5-12,15,21H,13-14,16-17H2,1-4H3/t21-/m1/s1. The Bertz CT molecular complexity index is 657. The largest absolute Gasteiger partial charge is 0.497 e. The molecular weight excluding hydrogens is 326 g/mol. The van der Waals surface area contributed by atoms with E-state index in [2.05, 4.69) is 29.2 Å². The highest BCUT2D eigenvalue weighted by atomic mass is 16.5. The third-order valence-electron chi connectivity index (χ3n) is 4.11. The number of likely N-dealkylation sites (N-methyl/N-ethyl adjacent to an activating group) is 1. The molecule has 0 aromatic heterocycles. The maximum atomic E-state index is 6.09. The van der Waals surface area contributed by atoms with Gasteiger partial charge in [-0.25, -0.2) is 0 Å². The zero-order valence-electron chi connectivity index (χ0n) is 16.3. The van der Waals surface area contributed by atoms with E-state index in [0.29, 0.717) is 6.61 Å². The van der Waals surface area contributed by atoms with Crippen molar-refractivity contribution in [2.75, 3.05) is 34.4 Å². The molecule has 0 unspecified atom stereocenters. The molecule has 2 aromatic carbocycles. The van der Waals surface area contributed by atoms with Crippen molar-refractivity contribution in [1.29, 1.82) is 0 Å². The lowest BCUT2D eigenvalue weighted by Crippen LogP contribution is -2.32. The fourth-order valence-corrected chi connectivity index (χ4v) is 2.88. The summed E-state index contributed by atoms with van der Waals surface area (Å²) in [6.45, 7) is 4.96. The van der Waals surface area contributed by atoms with Gasteiger partial charge in [0.25, 0.3) is 0 Å². The van der Waals surface area contributed by atoms with Gasteiger partial charge in [-0.15, -0.1) is 0 Å². The highest BCUT2D eigenvalue weighted by molar-refractivity contribution is 5.35. The van der Waals surface area contributed by atoms with E-state index >= 15 is 0 Å². The molecule has 1 atom stereocenters. The lowest BCUT2D eigenvalue weighted by molar-refractivity contribution is 0.0442. The normalized spacial score (nSPS) is 12.2. The van der Waals surface area contributed by atoms with Crippen LogP contribution in [0.1, 0.15) is 18.1 Å². The fraction of sp³-hybridized carbons (Fsp3) is 0.409. The number of nitrogens with zero attached hydrogens (tertiary/aromatic N) is 1. The summed E-state index contributed by atoms with van der Waals surface area (Å²) in [6, 6.07) is 16.4. The van der Waals surface area contributed by atoms with Gasteiger partial charge in [-0.05, 0) is 63.2 Å². The van der Waals surface area contributed by atoms with E-state index in [9.17, 15) is 0 Å². The highest BCUT2D eigenvalue weighted by Gasteiger charge is 2.12. The Labute approximate surface area is 157 Å². The molecule has 0 aliphatic carbocycles. The first-order valence-electron chi connectivity index (χ1n) is 9.04. The van der Waals surface area contributed by atoms with Crippen molar-refractivity contribution in [3.8, 4) is 11.5 Å². The van der Waals surface area contributed by atoms with Crippen LogP contribution in [0.5, 0.6) is 11.5 Å². The minimum Gasteiger partial charge on any atom is -0.497 e. The van der Waals surface area contributed by atoms with E-state index in [0.717, 1.165) is 30.9 Å². The molecule has 0 spiro atoms. The molecule has 4 heteroatoms. The van der Waals surface area contributed by atoms with Gasteiger partial charge in [-0.2, -0.15) is 0 Å². The Hall–Kier alpha value is -2.04. The van der Waals surface area contributed by atoms with Crippen molar-refractivity contribution in [1.82, 2.24) is 4.90 Å². The maximum Gasteiger partial charge on any atom is 0.122 e. The number of para-hydroxylation sites is 1. The van der Waals surface area contributed by atoms with E-state index < -0.39 is 0 Å². The van der Waals surface area contributed by atoms with Gasteiger partial charge in [0.05, 0.1) is 13.7 Å². The maximum absolute atomic E-state index is 6.09. The molecule has 1 radical (unpaired) electrons. The Morgan fingerprint density at radius 2 is 1.85 bits per heavy atom. The molecule has 0 aliphatic rings. The number of benzene rings is 2. The first-order chi connectivity index (χ1) is 12.6. The van der Waals surface area contributed by atoms with Crippen LogP contribution in [0.3, 0.4) is 0 Å². The molecule has 0 heterocycles. The summed E-state index contributed by atoms with van der Waals surface area (Å²) < 4.78 is 17.1. The van der Waals surface area contributed by atoms with Crippen LogP contribution in [0.4, 0.5) is 0 Å². The number of hydrogen-bond donors (Lipinski definition) is 0. The SMILES string of the molecule is C[CH]O[C@@H](COc1ccccc1CCc1cccc(OC)c1)CN(C)C. The smallest absolute Gasteiger partial charge is 0.122 e. The van der Waals surface area contributed by atoms with Crippen molar-refractivity contribution in [3.63, 3.8) is 0 Å². The topological polar surface area (TPSA) is 30.9 Å². The van der Waals surface area contributed by atoms with Gasteiger partial charge in [-0.3, -0.25) is 0 Å². The quantitative estimate of drug-likeness (QED) is 0.609. The van der Waals surface area contributed by atoms with Crippen LogP contribution < -0.4 is 9.47 Å². The van der Waals surface area contributed by atoms with Gasteiger partial charge in [0.1, 0.15) is 24.2 Å². The average Bonchev–Trinajstić information content (AvgIpc) is 2.65. The van der Waals surface area contributed by atoms with E-state index in [-0.39, 0.29) is 6.10 Å². The second-order valence-electron chi connectivity index (χ2n) is 6.53. The van der Waals surface area contributed by atoms with Crippen LogP contribution in [-0.4, -0.2) is 45.4 Å². The molecule has 2 aromatic rings. The second kappa shape index (κ2) is 10.8. The lowest BCUT2D eigenvalue weighted by atomic mass is 10.0. The molecule has 0 saturated heterocycles. The molecule has 0 aliphatic heterocycles. The van der Waals surface area contributed by atoms with Crippen molar-refractivity contribution < 1.29 is 14.2 Å². The number of aryl methyl sites for hydroxylation is 2. The van der Waals surface area contributed by atoms with Crippen molar-refractivity contribution in [2.45, 2.75) is 25.9 Å². The molecule has 141 valence electrons. The third kappa shape index (κ3) is 6.70. The Morgan fingerprint density at radius 1 is 1.04 bits per heavy atom. The summed E-state index contributed by atoms with van der Waals surface area (Å²) in [4.78, 5) is 2.10. The minimum atomic E-state index is 0.0152. The zero-order valence-corrected chi connectivity index (χ0v) is 16.3. The first kappa shape index (κ1) is 20.3. The molecule has 26 heavy (non-hydrogen) atoms. The molecule has 0 N–H and O–H groups in total. The van der Waals surface area contributed by atoms with Gasteiger partial charge in [0.2, 0.25) is 0 Å². The van der Waals surface area contributed by atoms with Gasteiger partial charge >= 0.3 is 0 Å². The number of ether oxygens (including phenoxy) is 3. The number of rotatable bonds is 11. The molecule has 0 amide bonds. The summed E-state index contributed by atoms with van der Waals surface area (Å²) in [6.07, 6.45) is 1.88. The van der Waals surface area contributed by atoms with Crippen LogP contribution in [-0.2, 0) is 17.6 Å². The van der Waals surface area contributed by atoms with Crippen LogP contribution in [0.2, 0.25) is 0 Å². The van der Waals surface area contributed by atoms with E-state index in [1.807, 2.05) is 45.3 Å². The summed E-state index contributed by atoms with van der Waals surface area (Å²) in [7, 11) is 5.77. The monoisotopic (exact) mass is 356 g/mol. The molecule has 0 fully saturated rings. The fourth-order valence-electron chi connectivity index (χ4n) is 2.88. The number of hydrogen-bond acceptors (Lipinski definition) is 4. The van der Waals surface area contributed by atoms with E-state index in [1.54, 1.807) is 13.7 Å². The van der Waals surface area contributed by atoms with Crippen LogP contribution >= 0.6 is 0 Å². The molecule has 0 bridgehead atoms. The number of methoxy groups -OCH3 is 1. The summed E-state index contributed by atoms with van der Waals surface area (Å²) in [5.74, 6) is 1.82. The van der Waals surface area contributed by atoms with Crippen LogP contribution in [0, 0.1) is 6.61 Å². The predicted molar refractivity (Wildman–Crippen MR) is 106 cm³/mol. The van der Waals surface area contributed by atoms with Crippen molar-refractivity contribution in [3.05, 3.63) is 66.3 Å². The van der Waals surface area contributed by atoms with Crippen LogP contribution in [0.25, 0.3) is 0 Å². The van der Waals surface area contributed by atoms with Gasteiger partial charge < -0.3 is 19.1 Å². The Kier molecular flexibility index (Phi) is 8.45. The van der Waals surface area contributed by atoms with E-state index in [1.165, 1.54) is 11.1 Å². The van der Waals surface area contributed by atoms with Gasteiger partial charge in [-0.1, -0.05) is 30.3 Å². The van der Waals surface area contributed by atoms with Crippen molar-refractivity contribution in [2.24, 2.45) is 0 Å². The molecule has 0 saturated carbocycles. The lowest BCUT2D eigenvalue weighted by Gasteiger charge is -2.22. The molecule has 4 nitrogen and oxygen atoms in total. The average molecular weight is 356 g/mol. The predicted octanol–water partition coefficient (Wildman–Crippen LogP) is 3.99. The summed E-state index contributed by atoms with van der Waals surface area (Å²) in [5.41, 5.74) is 2.47. The van der Waals surface area contributed by atoms with Gasteiger partial charge in [0, 0.05) is 6.54 Å². The Balaban J connectivity index is 1.97.